The van der Waals surface area contributed by atoms with E-state index in [1.807, 2.05) is 223 Å². The summed E-state index contributed by atoms with van der Waals surface area (Å²) >= 11 is 0. The molecule has 109 heavy (non-hydrogen) atoms. The largest absolute Gasteiger partial charge is 0.506 e. The Morgan fingerprint density at radius 3 is 1.12 bits per heavy atom. The maximum atomic E-state index is 15.0. The molecule has 0 radical (unpaired) electrons. The van der Waals surface area contributed by atoms with Crippen LogP contribution in [0.25, 0.3) is 96.6 Å². The number of imidazole rings is 3. The van der Waals surface area contributed by atoms with Crippen molar-refractivity contribution >= 4 is 92.7 Å². The summed E-state index contributed by atoms with van der Waals surface area (Å²) < 4.78 is 12.4. The molecule has 4 amide bonds. The lowest BCUT2D eigenvalue weighted by Gasteiger charge is -2.32. The van der Waals surface area contributed by atoms with Gasteiger partial charge in [0.2, 0.25) is 29.2 Å². The van der Waals surface area contributed by atoms with Crippen molar-refractivity contribution in [2.24, 2.45) is 14.1 Å². The molecular weight excluding hydrogens is 1370 g/mol. The first-order chi connectivity index (χ1) is 52.9. The Bertz CT molecular complexity index is 5550. The predicted molar refractivity (Wildman–Crippen MR) is 423 cm³/mol. The van der Waals surface area contributed by atoms with E-state index in [1.165, 1.54) is 0 Å². The number of benzene rings is 5. The lowest BCUT2D eigenvalue weighted by Crippen LogP contribution is -2.40. The van der Waals surface area contributed by atoms with E-state index in [0.29, 0.717) is 148 Å². The minimum absolute atomic E-state index is 0.0118. The normalized spacial score (nSPS) is 15.7. The molecule has 0 spiro atoms. The van der Waals surface area contributed by atoms with Crippen LogP contribution in [0.15, 0.2) is 189 Å². The molecule has 5 aromatic carbocycles. The van der Waals surface area contributed by atoms with Crippen LogP contribution >= 0.6 is 0 Å². The van der Waals surface area contributed by atoms with Crippen LogP contribution in [0.5, 0.6) is 5.75 Å². The van der Waals surface area contributed by atoms with Gasteiger partial charge in [0.15, 0.2) is 17.5 Å². The van der Waals surface area contributed by atoms with E-state index >= 15 is 9.59 Å². The number of carbonyl (C=O) groups is 4. The summed E-state index contributed by atoms with van der Waals surface area (Å²) in [5, 5.41) is 24.6. The maximum absolute atomic E-state index is 15.0. The number of anilines is 4. The van der Waals surface area contributed by atoms with Crippen LogP contribution < -0.4 is 21.3 Å². The first-order valence-corrected chi connectivity index (χ1v) is 35.7. The summed E-state index contributed by atoms with van der Waals surface area (Å²) in [7, 11) is 12.8. The van der Waals surface area contributed by atoms with Gasteiger partial charge in [0, 0.05) is 174 Å². The molecule has 18 rings (SSSR count). The Hall–Kier alpha value is -13.0. The van der Waals surface area contributed by atoms with Crippen molar-refractivity contribution in [2.75, 3.05) is 82.7 Å². The highest BCUT2D eigenvalue weighted by molar-refractivity contribution is 6.08. The zero-order valence-corrected chi connectivity index (χ0v) is 61.2. The molecule has 0 aliphatic carbocycles. The Morgan fingerprint density at radius 2 is 0.752 bits per heavy atom. The van der Waals surface area contributed by atoms with Gasteiger partial charge in [-0.3, -0.25) is 48.3 Å². The van der Waals surface area contributed by atoms with Gasteiger partial charge in [-0.05, 0) is 124 Å². The molecule has 6 aliphatic heterocycles. The van der Waals surface area contributed by atoms with Crippen molar-refractivity contribution in [1.82, 2.24) is 73.2 Å². The molecule has 7 aromatic heterocycles. The molecule has 0 saturated heterocycles. The summed E-state index contributed by atoms with van der Waals surface area (Å²) in [5.74, 6) is 0.0460. The Labute approximate surface area is 628 Å². The van der Waals surface area contributed by atoms with E-state index in [0.717, 1.165) is 22.5 Å². The van der Waals surface area contributed by atoms with Crippen LogP contribution in [0.4, 0.5) is 22.7 Å². The van der Waals surface area contributed by atoms with E-state index in [4.69, 9.17) is 29.7 Å². The van der Waals surface area contributed by atoms with Gasteiger partial charge in [-0.15, -0.1) is 0 Å². The number of aromatic amines is 2. The van der Waals surface area contributed by atoms with Gasteiger partial charge in [-0.2, -0.15) is 0 Å². The molecular formula is C84H79N19O6. The van der Waals surface area contributed by atoms with Crippen LogP contribution in [-0.4, -0.2) is 163 Å². The topological polar surface area (TPSA) is 283 Å². The first kappa shape index (κ1) is 70.3. The lowest BCUT2D eigenvalue weighted by molar-refractivity contribution is -0.118. The standard InChI is InChI=1S/C84H79N19O6/c1-97-43-51-38-52(40-85-39-51)44-98(2)48-74(106)94-60-23-13-9-19-56(60)78-65-30-34-69(91-65)79-57-20-10-14-24-61(57)95-75(107)49-99(3)45-53-41-87-81(101(53)5)84(109-7,83-86-36-37-103(83)71-26-16-17-27-72(71)104)82-88-42-54(102(82)6)46-100(4)50-76(108)96-62-25-15-11-21-58(62)80(70-35-31-66(78)92-70)68-33-29-64(90-68)77(63-28-32-67(79)89-63)55-18-8-12-22-59(55)93-73(105)47-97/h8-42,89,92,104H,43-50H2,1-7H3,(H,93,105)(H,94,106)(H,95,107)(H,96,108). The number of aromatic hydroxyl groups is 1. The highest BCUT2D eigenvalue weighted by Crippen LogP contribution is 2.45. The maximum Gasteiger partial charge on any atom is 0.241 e. The third kappa shape index (κ3) is 13.7. The van der Waals surface area contributed by atoms with Gasteiger partial charge in [0.25, 0.3) is 0 Å². The van der Waals surface area contributed by atoms with Gasteiger partial charge in [0.05, 0.1) is 66.0 Å². The summed E-state index contributed by atoms with van der Waals surface area (Å²) in [6.07, 6.45) is 18.3. The smallest absolute Gasteiger partial charge is 0.241 e. The summed E-state index contributed by atoms with van der Waals surface area (Å²) in [6, 6.07) is 47.6. The minimum Gasteiger partial charge on any atom is -0.506 e. The Morgan fingerprint density at radius 1 is 0.404 bits per heavy atom. The number of amides is 4. The molecule has 0 unspecified atom stereocenters. The molecule has 0 atom stereocenters. The monoisotopic (exact) mass is 1450 g/mol. The highest BCUT2D eigenvalue weighted by atomic mass is 16.5. The van der Waals surface area contributed by atoms with Gasteiger partial charge in [0.1, 0.15) is 5.75 Å². The number of methoxy groups -OCH3 is 1. The molecule has 12 aromatic rings. The van der Waals surface area contributed by atoms with Crippen molar-refractivity contribution in [2.45, 2.75) is 31.8 Å². The van der Waals surface area contributed by atoms with E-state index < -0.39 is 5.60 Å². The van der Waals surface area contributed by atoms with E-state index in [2.05, 4.69) is 42.3 Å². The molecule has 13 heterocycles. The van der Waals surface area contributed by atoms with E-state index in [1.54, 1.807) is 67.1 Å². The number of phenolic OH excluding ortho intramolecular Hbond substituents is 1. The number of hydrogen-bond donors (Lipinski definition) is 7. The number of likely N-dealkylation sites (N-methyl/N-ethyl adjacent to an activating group) is 4. The van der Waals surface area contributed by atoms with Crippen LogP contribution in [0, 0.1) is 0 Å². The third-order valence-corrected chi connectivity index (χ3v) is 20.1. The molecule has 18 bridgehead atoms. The number of pyridine rings is 1. The first-order valence-electron chi connectivity index (χ1n) is 35.7. The summed E-state index contributed by atoms with van der Waals surface area (Å²) in [6.45, 7) is 1.27. The number of rotatable bonds is 3. The van der Waals surface area contributed by atoms with E-state index in [-0.39, 0.29) is 68.6 Å². The van der Waals surface area contributed by atoms with Crippen LogP contribution in [0.2, 0.25) is 0 Å². The third-order valence-electron chi connectivity index (χ3n) is 20.1. The molecule has 0 fully saturated rings. The Kier molecular flexibility index (Phi) is 18.9. The zero-order valence-electron chi connectivity index (χ0n) is 61.2. The van der Waals surface area contributed by atoms with Crippen molar-refractivity contribution in [3.63, 3.8) is 0 Å². The quantitative estimate of drug-likeness (QED) is 0.0865. The zero-order chi connectivity index (χ0) is 75.2. The van der Waals surface area contributed by atoms with Crippen LogP contribution in [0.3, 0.4) is 0 Å². The van der Waals surface area contributed by atoms with Crippen molar-refractivity contribution < 1.29 is 29.0 Å². The average Bonchev–Trinajstić information content (AvgIpc) is 1.62. The number of carbonyl (C=O) groups excluding carboxylic acids is 4. The fraction of sp³-hybridized carbons (Fsp3) is 0.190. The molecule has 7 N–H and O–H groups in total. The van der Waals surface area contributed by atoms with Crippen LogP contribution in [0.1, 0.15) is 62.8 Å². The van der Waals surface area contributed by atoms with Gasteiger partial charge in [-0.25, -0.2) is 24.9 Å². The van der Waals surface area contributed by atoms with Gasteiger partial charge in [-0.1, -0.05) is 91.0 Å². The fourth-order valence-corrected chi connectivity index (χ4v) is 15.3. The van der Waals surface area contributed by atoms with E-state index in [9.17, 15) is 14.7 Å². The van der Waals surface area contributed by atoms with Crippen molar-refractivity contribution in [3.05, 3.63) is 252 Å². The molecule has 6 aliphatic rings. The minimum atomic E-state index is -1.64. The summed E-state index contributed by atoms with van der Waals surface area (Å²) in [4.78, 5) is 106. The van der Waals surface area contributed by atoms with Crippen molar-refractivity contribution in [3.8, 4) is 55.9 Å². The number of para-hydroxylation sites is 6. The second-order valence-electron chi connectivity index (χ2n) is 28.0. The summed E-state index contributed by atoms with van der Waals surface area (Å²) in [5.41, 5.74) is 14.1. The number of fused-ring (bicyclic) bond motifs is 16. The Balaban J connectivity index is 0.930. The highest BCUT2D eigenvalue weighted by Gasteiger charge is 2.49. The van der Waals surface area contributed by atoms with Crippen molar-refractivity contribution in [1.29, 1.82) is 0 Å². The second-order valence-corrected chi connectivity index (χ2v) is 28.0. The molecule has 0 saturated carbocycles. The number of phenols is 1. The molecule has 25 heteroatoms. The van der Waals surface area contributed by atoms with Gasteiger partial charge >= 0.3 is 0 Å². The SMILES string of the molecule is COC1(c2nccn2-c2ccccc2O)c2ncc(n2C)CN(C)CC(=O)Nc2ccccc2-c2c3nc(c4c5ccc([nH]5)c(c5nc(c(c6ccc2[nH]6)-c2ccccc2NC(=O)CN(C)Cc2cncc(c2)CN(C)CC(=O)Nc2ccccc2-4)C=C5)-c2ccccc2NC(=O)CN(C)Cc2cnc1n2C)C=C3. The number of ether oxygens (including phenoxy) is 1. The van der Waals surface area contributed by atoms with Gasteiger partial charge < -0.3 is 50.2 Å². The number of aromatic nitrogens is 11. The van der Waals surface area contributed by atoms with Crippen LogP contribution in [-0.2, 0) is 69.8 Å². The average molecular weight is 1450 g/mol. The lowest BCUT2D eigenvalue weighted by atomic mass is 9.99. The number of nitrogens with zero attached hydrogens (tertiary/aromatic N) is 13. The molecule has 546 valence electrons. The fourth-order valence-electron chi connectivity index (χ4n) is 15.3. The predicted octanol–water partition coefficient (Wildman–Crippen LogP) is 11.9. The molecule has 25 nitrogen and oxygen atoms in total. The number of nitrogens with one attached hydrogen (secondary N) is 6. The second kappa shape index (κ2) is 29.4. The number of hydrogen-bond acceptors (Lipinski definition) is 16. The number of H-pyrrole nitrogens is 2.